The third-order valence-electron chi connectivity index (χ3n) is 5.56. The zero-order valence-electron chi connectivity index (χ0n) is 14.3. The monoisotopic (exact) mass is 347 g/mol. The molecule has 4 unspecified atom stereocenters. The predicted molar refractivity (Wildman–Crippen MR) is 99.7 cm³/mol. The van der Waals surface area contributed by atoms with Gasteiger partial charge in [0.1, 0.15) is 0 Å². The van der Waals surface area contributed by atoms with Crippen LogP contribution in [0.3, 0.4) is 0 Å². The molecule has 0 heterocycles. The summed E-state index contributed by atoms with van der Waals surface area (Å²) in [5.74, 6) is -2.16. The molecule has 4 rings (SSSR count). The minimum Gasteiger partial charge on any atom is -0.481 e. The quantitative estimate of drug-likeness (QED) is 0.810. The molecule has 1 saturated carbocycles. The molecule has 132 valence electrons. The molecule has 0 spiro atoms. The van der Waals surface area contributed by atoms with E-state index in [0.29, 0.717) is 0 Å². The Balaban J connectivity index is 1.55. The number of carbonyl (C=O) groups is 2. The maximum absolute atomic E-state index is 12.9. The Bertz CT molecular complexity index is 859. The van der Waals surface area contributed by atoms with E-state index in [-0.39, 0.29) is 17.7 Å². The third kappa shape index (κ3) is 3.03. The van der Waals surface area contributed by atoms with E-state index in [1.807, 2.05) is 54.6 Å². The Labute approximate surface area is 152 Å². The Morgan fingerprint density at radius 3 is 2.31 bits per heavy atom. The van der Waals surface area contributed by atoms with Gasteiger partial charge in [-0.25, -0.2) is 0 Å². The first kappa shape index (κ1) is 16.6. The highest BCUT2D eigenvalue weighted by molar-refractivity contribution is 5.97. The van der Waals surface area contributed by atoms with Crippen LogP contribution in [0.25, 0.3) is 0 Å². The first-order valence-corrected chi connectivity index (χ1v) is 8.97. The highest BCUT2D eigenvalue weighted by Gasteiger charge is 2.51. The lowest BCUT2D eigenvalue weighted by Crippen LogP contribution is -2.36. The number of benzene rings is 2. The van der Waals surface area contributed by atoms with Crippen molar-refractivity contribution in [1.29, 1.82) is 0 Å². The molecular formula is C22H21NO3. The van der Waals surface area contributed by atoms with Crippen molar-refractivity contribution in [2.75, 3.05) is 5.32 Å². The van der Waals surface area contributed by atoms with Gasteiger partial charge in [0.05, 0.1) is 11.8 Å². The first-order chi connectivity index (χ1) is 12.6. The van der Waals surface area contributed by atoms with Gasteiger partial charge in [0.15, 0.2) is 0 Å². The number of aliphatic carboxylic acids is 1. The number of rotatable bonds is 5. The van der Waals surface area contributed by atoms with Gasteiger partial charge < -0.3 is 10.4 Å². The summed E-state index contributed by atoms with van der Waals surface area (Å²) in [6.07, 6.45) is 5.44. The van der Waals surface area contributed by atoms with Crippen LogP contribution in [0, 0.1) is 23.7 Å². The van der Waals surface area contributed by atoms with Crippen LogP contribution < -0.4 is 5.32 Å². The van der Waals surface area contributed by atoms with Crippen molar-refractivity contribution in [2.24, 2.45) is 23.7 Å². The van der Waals surface area contributed by atoms with E-state index in [0.717, 1.165) is 24.1 Å². The third-order valence-corrected chi connectivity index (χ3v) is 5.56. The van der Waals surface area contributed by atoms with Crippen molar-refractivity contribution in [3.63, 3.8) is 0 Å². The molecule has 0 aromatic heterocycles. The van der Waals surface area contributed by atoms with Crippen molar-refractivity contribution in [2.45, 2.75) is 12.8 Å². The van der Waals surface area contributed by atoms with Crippen LogP contribution in [0.15, 0.2) is 66.7 Å². The fourth-order valence-corrected chi connectivity index (χ4v) is 4.34. The molecule has 0 radical (unpaired) electrons. The molecule has 2 aromatic carbocycles. The van der Waals surface area contributed by atoms with Gasteiger partial charge in [-0.2, -0.15) is 0 Å². The van der Waals surface area contributed by atoms with E-state index in [2.05, 4.69) is 17.4 Å². The molecule has 4 heteroatoms. The van der Waals surface area contributed by atoms with E-state index in [1.165, 1.54) is 5.56 Å². The summed E-state index contributed by atoms with van der Waals surface area (Å²) in [7, 11) is 0. The molecule has 1 fully saturated rings. The minimum absolute atomic E-state index is 0.0205. The number of carbonyl (C=O) groups excluding carboxylic acids is 1. The van der Waals surface area contributed by atoms with Gasteiger partial charge in [0.25, 0.3) is 0 Å². The van der Waals surface area contributed by atoms with Gasteiger partial charge in [-0.05, 0) is 41.9 Å². The molecular weight excluding hydrogens is 326 g/mol. The standard InChI is InChI=1S/C22H21NO3/c24-21(19-16-10-11-17(13-16)20(19)22(25)26)23-18-9-5-4-8-15(18)12-14-6-2-1-3-7-14/h1-11,16-17,19-20H,12-13H2,(H,23,24)(H,25,26). The first-order valence-electron chi connectivity index (χ1n) is 8.97. The molecule has 1 amide bonds. The zero-order chi connectivity index (χ0) is 18.1. The number of allylic oxidation sites excluding steroid dienone is 2. The fourth-order valence-electron chi connectivity index (χ4n) is 4.34. The maximum Gasteiger partial charge on any atom is 0.307 e. The van der Waals surface area contributed by atoms with Crippen molar-refractivity contribution in [3.8, 4) is 0 Å². The molecule has 2 aliphatic carbocycles. The van der Waals surface area contributed by atoms with Crippen LogP contribution in [-0.2, 0) is 16.0 Å². The highest BCUT2D eigenvalue weighted by Crippen LogP contribution is 2.48. The van der Waals surface area contributed by atoms with Gasteiger partial charge in [0, 0.05) is 5.69 Å². The number of nitrogens with one attached hydrogen (secondary N) is 1. The number of amides is 1. The topological polar surface area (TPSA) is 66.4 Å². The van der Waals surface area contributed by atoms with Crippen LogP contribution in [-0.4, -0.2) is 17.0 Å². The average molecular weight is 347 g/mol. The Kier molecular flexibility index (Phi) is 4.33. The highest BCUT2D eigenvalue weighted by atomic mass is 16.4. The summed E-state index contributed by atoms with van der Waals surface area (Å²) in [6.45, 7) is 0. The van der Waals surface area contributed by atoms with Gasteiger partial charge in [-0.3, -0.25) is 9.59 Å². The molecule has 0 saturated heterocycles. The second-order valence-corrected chi connectivity index (χ2v) is 7.15. The second kappa shape index (κ2) is 6.79. The number of hydrogen-bond acceptors (Lipinski definition) is 2. The number of carboxylic acid groups (broad SMARTS) is 1. The lowest BCUT2D eigenvalue weighted by molar-refractivity contribution is -0.146. The summed E-state index contributed by atoms with van der Waals surface area (Å²) in [5.41, 5.74) is 2.95. The number of anilines is 1. The van der Waals surface area contributed by atoms with E-state index in [1.54, 1.807) is 0 Å². The summed E-state index contributed by atoms with van der Waals surface area (Å²) in [4.78, 5) is 24.6. The summed E-state index contributed by atoms with van der Waals surface area (Å²) in [6, 6.07) is 17.8. The van der Waals surface area contributed by atoms with Crippen LogP contribution in [0.2, 0.25) is 0 Å². The van der Waals surface area contributed by atoms with Gasteiger partial charge >= 0.3 is 5.97 Å². The second-order valence-electron chi connectivity index (χ2n) is 7.15. The number of carboxylic acids is 1. The van der Waals surface area contributed by atoms with Crippen LogP contribution in [0.1, 0.15) is 17.5 Å². The minimum atomic E-state index is -0.875. The van der Waals surface area contributed by atoms with Gasteiger partial charge in [0.2, 0.25) is 5.91 Å². The van der Waals surface area contributed by atoms with E-state index in [4.69, 9.17) is 0 Å². The SMILES string of the molecule is O=C(O)C1C2C=CC(C2)C1C(=O)Nc1ccccc1Cc1ccccc1. The van der Waals surface area contributed by atoms with Crippen molar-refractivity contribution >= 4 is 17.6 Å². The van der Waals surface area contributed by atoms with Crippen LogP contribution >= 0.6 is 0 Å². The van der Waals surface area contributed by atoms with Crippen molar-refractivity contribution in [3.05, 3.63) is 77.9 Å². The number of fused-ring (bicyclic) bond motifs is 2. The normalized spacial score (nSPS) is 26.0. The van der Waals surface area contributed by atoms with Gasteiger partial charge in [-0.1, -0.05) is 60.7 Å². The Hall–Kier alpha value is -2.88. The molecule has 0 aliphatic heterocycles. The molecule has 4 atom stereocenters. The van der Waals surface area contributed by atoms with Crippen LogP contribution in [0.5, 0.6) is 0 Å². The molecule has 2 N–H and O–H groups in total. The molecule has 26 heavy (non-hydrogen) atoms. The summed E-state index contributed by atoms with van der Waals surface area (Å²) in [5, 5.41) is 12.6. The lowest BCUT2D eigenvalue weighted by atomic mass is 9.82. The number of hydrogen-bond donors (Lipinski definition) is 2. The smallest absolute Gasteiger partial charge is 0.307 e. The zero-order valence-corrected chi connectivity index (χ0v) is 14.3. The van der Waals surface area contributed by atoms with E-state index in [9.17, 15) is 14.7 Å². The average Bonchev–Trinajstić information content (AvgIpc) is 3.25. The largest absolute Gasteiger partial charge is 0.481 e. The lowest BCUT2D eigenvalue weighted by Gasteiger charge is -2.24. The molecule has 4 nitrogen and oxygen atoms in total. The van der Waals surface area contributed by atoms with E-state index >= 15 is 0 Å². The van der Waals surface area contributed by atoms with Gasteiger partial charge in [-0.15, -0.1) is 0 Å². The molecule has 2 aliphatic rings. The van der Waals surface area contributed by atoms with E-state index < -0.39 is 17.8 Å². The summed E-state index contributed by atoms with van der Waals surface area (Å²) >= 11 is 0. The Morgan fingerprint density at radius 1 is 0.923 bits per heavy atom. The fraction of sp³-hybridized carbons (Fsp3) is 0.273. The summed E-state index contributed by atoms with van der Waals surface area (Å²) < 4.78 is 0. The van der Waals surface area contributed by atoms with Crippen molar-refractivity contribution in [1.82, 2.24) is 0 Å². The van der Waals surface area contributed by atoms with Crippen LogP contribution in [0.4, 0.5) is 5.69 Å². The van der Waals surface area contributed by atoms with Crippen molar-refractivity contribution < 1.29 is 14.7 Å². The Morgan fingerprint density at radius 2 is 1.58 bits per heavy atom. The number of para-hydroxylation sites is 1. The molecule has 2 aromatic rings. The molecule has 2 bridgehead atoms. The maximum atomic E-state index is 12.9. The predicted octanol–water partition coefficient (Wildman–Crippen LogP) is 3.74.